The summed E-state index contributed by atoms with van der Waals surface area (Å²) in [4.78, 5) is 33.2. The number of rotatable bonds is 5. The second kappa shape index (κ2) is 9.89. The van der Waals surface area contributed by atoms with E-state index in [1.165, 1.54) is 10.5 Å². The third kappa shape index (κ3) is 4.85. The fourth-order valence-electron chi connectivity index (χ4n) is 4.18. The minimum atomic E-state index is -0.547. The number of aromatic nitrogens is 2. The fraction of sp³-hybridized carbons (Fsp3) is 0.308. The number of carbonyl (C=O) groups is 1. The summed E-state index contributed by atoms with van der Waals surface area (Å²) in [6.45, 7) is 7.19. The van der Waals surface area contributed by atoms with E-state index in [1.807, 2.05) is 68.1 Å². The monoisotopic (exact) mass is 457 g/mol. The van der Waals surface area contributed by atoms with Crippen molar-refractivity contribution in [2.24, 2.45) is 0 Å². The lowest BCUT2D eigenvalue weighted by Crippen LogP contribution is -2.46. The maximum Gasteiger partial charge on any atom is 0.267 e. The zero-order valence-corrected chi connectivity index (χ0v) is 19.5. The summed E-state index contributed by atoms with van der Waals surface area (Å²) in [5.74, 6) is -0.0975. The van der Waals surface area contributed by atoms with Gasteiger partial charge in [0.15, 0.2) is 0 Å². The van der Waals surface area contributed by atoms with Gasteiger partial charge in [0, 0.05) is 25.8 Å². The van der Waals surface area contributed by atoms with Crippen LogP contribution in [0.5, 0.6) is 0 Å². The Kier molecular flexibility index (Phi) is 6.75. The Balaban J connectivity index is 1.78. The minimum Gasteiger partial charge on any atom is -0.372 e. The number of amides is 1. The summed E-state index contributed by atoms with van der Waals surface area (Å²) >= 11 is 0. The van der Waals surface area contributed by atoms with Gasteiger partial charge in [-0.3, -0.25) is 14.0 Å². The van der Waals surface area contributed by atoms with Crippen molar-refractivity contribution in [1.29, 1.82) is 5.26 Å². The van der Waals surface area contributed by atoms with Crippen molar-refractivity contribution in [3.8, 4) is 6.07 Å². The predicted octanol–water partition coefficient (Wildman–Crippen LogP) is 2.84. The van der Waals surface area contributed by atoms with Gasteiger partial charge in [0.05, 0.1) is 17.8 Å². The van der Waals surface area contributed by atoms with Gasteiger partial charge in [-0.05, 0) is 44.0 Å². The van der Waals surface area contributed by atoms with Crippen molar-refractivity contribution in [3.63, 3.8) is 0 Å². The molecular formula is C26H27N5O3. The van der Waals surface area contributed by atoms with Gasteiger partial charge in [-0.25, -0.2) is 4.98 Å². The van der Waals surface area contributed by atoms with E-state index >= 15 is 0 Å². The third-order valence-electron chi connectivity index (χ3n) is 5.73. The first-order valence-corrected chi connectivity index (χ1v) is 11.2. The van der Waals surface area contributed by atoms with E-state index in [0.717, 1.165) is 11.1 Å². The smallest absolute Gasteiger partial charge is 0.267 e. The molecule has 0 radical (unpaired) electrons. The van der Waals surface area contributed by atoms with Crippen LogP contribution in [0.25, 0.3) is 11.7 Å². The molecule has 174 valence electrons. The number of nitriles is 1. The molecule has 0 unspecified atom stereocenters. The van der Waals surface area contributed by atoms with Crippen molar-refractivity contribution in [3.05, 3.63) is 81.3 Å². The van der Waals surface area contributed by atoms with Crippen LogP contribution in [0.4, 0.5) is 5.82 Å². The number of ether oxygens (including phenoxy) is 1. The highest BCUT2D eigenvalue weighted by Gasteiger charge is 2.27. The largest absolute Gasteiger partial charge is 0.372 e. The molecule has 1 aromatic carbocycles. The molecule has 3 aromatic rings. The van der Waals surface area contributed by atoms with Crippen molar-refractivity contribution < 1.29 is 9.53 Å². The number of carbonyl (C=O) groups excluding carboxylic acids is 1. The molecule has 1 aliphatic rings. The van der Waals surface area contributed by atoms with E-state index in [2.05, 4.69) is 5.32 Å². The van der Waals surface area contributed by atoms with Gasteiger partial charge >= 0.3 is 0 Å². The number of aryl methyl sites for hydroxylation is 1. The molecule has 1 aliphatic heterocycles. The molecule has 0 saturated carbocycles. The maximum absolute atomic E-state index is 13.5. The van der Waals surface area contributed by atoms with Crippen LogP contribution in [0.3, 0.4) is 0 Å². The third-order valence-corrected chi connectivity index (χ3v) is 5.73. The Hall–Kier alpha value is -3.96. The average molecular weight is 458 g/mol. The van der Waals surface area contributed by atoms with Crippen LogP contribution < -0.4 is 15.8 Å². The molecule has 8 nitrogen and oxygen atoms in total. The quantitative estimate of drug-likeness (QED) is 0.467. The van der Waals surface area contributed by atoms with Crippen molar-refractivity contribution >= 4 is 23.4 Å². The van der Waals surface area contributed by atoms with Gasteiger partial charge in [-0.15, -0.1) is 0 Å². The molecular weight excluding hydrogens is 430 g/mol. The number of hydrogen-bond acceptors (Lipinski definition) is 6. The van der Waals surface area contributed by atoms with Gasteiger partial charge in [0.25, 0.3) is 11.5 Å². The first-order chi connectivity index (χ1) is 16.4. The summed E-state index contributed by atoms with van der Waals surface area (Å²) in [6.07, 6.45) is 2.89. The molecule has 0 aliphatic carbocycles. The van der Waals surface area contributed by atoms with Gasteiger partial charge in [-0.2, -0.15) is 5.26 Å². The number of morpholine rings is 1. The van der Waals surface area contributed by atoms with Gasteiger partial charge in [0.1, 0.15) is 23.1 Å². The lowest BCUT2D eigenvalue weighted by Gasteiger charge is -2.36. The van der Waals surface area contributed by atoms with Gasteiger partial charge in [0.2, 0.25) is 0 Å². The van der Waals surface area contributed by atoms with E-state index in [0.29, 0.717) is 24.6 Å². The standard InChI is InChI=1S/C26H27N5O3/c1-17-8-7-11-31-23(17)29-24(30-15-18(2)34-19(3)16-30)22(26(31)33)12-21(13-27)25(32)28-14-20-9-5-4-6-10-20/h4-12,18-19H,14-16H2,1-3H3,(H,28,32)/b21-12+/t18-,19-/m0/s1. The Morgan fingerprint density at radius 1 is 1.21 bits per heavy atom. The second-order valence-electron chi connectivity index (χ2n) is 8.54. The molecule has 2 aromatic heterocycles. The number of hydrogen-bond donors (Lipinski definition) is 1. The van der Waals surface area contributed by atoms with Crippen LogP contribution in [-0.2, 0) is 16.1 Å². The minimum absolute atomic E-state index is 0.0534. The summed E-state index contributed by atoms with van der Waals surface area (Å²) in [7, 11) is 0. The molecule has 1 saturated heterocycles. The Bertz CT molecular complexity index is 1330. The summed E-state index contributed by atoms with van der Waals surface area (Å²) < 4.78 is 7.30. The summed E-state index contributed by atoms with van der Waals surface area (Å²) in [5, 5.41) is 12.5. The molecule has 34 heavy (non-hydrogen) atoms. The van der Waals surface area contributed by atoms with Crippen LogP contribution in [0.15, 0.2) is 59.0 Å². The Morgan fingerprint density at radius 3 is 2.59 bits per heavy atom. The molecule has 1 fully saturated rings. The van der Waals surface area contributed by atoms with E-state index in [9.17, 15) is 14.9 Å². The normalized spacial score (nSPS) is 18.5. The van der Waals surface area contributed by atoms with E-state index < -0.39 is 5.91 Å². The molecule has 2 atom stereocenters. The maximum atomic E-state index is 13.5. The Labute approximate surface area is 198 Å². The summed E-state index contributed by atoms with van der Waals surface area (Å²) in [6, 6.07) is 15.0. The van der Waals surface area contributed by atoms with Crippen LogP contribution in [0.2, 0.25) is 0 Å². The van der Waals surface area contributed by atoms with Crippen molar-refractivity contribution in [2.45, 2.75) is 39.5 Å². The number of nitrogens with one attached hydrogen (secondary N) is 1. The number of fused-ring (bicyclic) bond motifs is 1. The topological polar surface area (TPSA) is 99.7 Å². The molecule has 0 spiro atoms. The van der Waals surface area contributed by atoms with Gasteiger partial charge in [-0.1, -0.05) is 36.4 Å². The molecule has 8 heteroatoms. The number of anilines is 1. The molecule has 4 rings (SSSR count). The Morgan fingerprint density at radius 2 is 1.91 bits per heavy atom. The highest BCUT2D eigenvalue weighted by atomic mass is 16.5. The predicted molar refractivity (Wildman–Crippen MR) is 130 cm³/mol. The average Bonchev–Trinajstić information content (AvgIpc) is 2.82. The van der Waals surface area contributed by atoms with E-state index in [-0.39, 0.29) is 35.4 Å². The van der Waals surface area contributed by atoms with Crippen molar-refractivity contribution in [1.82, 2.24) is 14.7 Å². The van der Waals surface area contributed by atoms with Crippen LogP contribution >= 0.6 is 0 Å². The highest BCUT2D eigenvalue weighted by Crippen LogP contribution is 2.24. The summed E-state index contributed by atoms with van der Waals surface area (Å²) in [5.41, 5.74) is 2.02. The van der Waals surface area contributed by atoms with Crippen LogP contribution in [-0.4, -0.2) is 40.6 Å². The van der Waals surface area contributed by atoms with Crippen LogP contribution in [0.1, 0.15) is 30.5 Å². The molecule has 0 bridgehead atoms. The zero-order chi connectivity index (χ0) is 24.2. The van der Waals surface area contributed by atoms with E-state index in [4.69, 9.17) is 9.72 Å². The van der Waals surface area contributed by atoms with Gasteiger partial charge < -0.3 is 15.0 Å². The SMILES string of the molecule is Cc1cccn2c(=O)c(/C=C(\C#N)C(=O)NCc3ccccc3)c(N3C[C@H](C)O[C@@H](C)C3)nc12. The zero-order valence-electron chi connectivity index (χ0n) is 19.5. The number of nitrogens with zero attached hydrogens (tertiary/aromatic N) is 4. The van der Waals surface area contributed by atoms with Crippen LogP contribution in [0, 0.1) is 18.3 Å². The highest BCUT2D eigenvalue weighted by molar-refractivity contribution is 6.02. The molecule has 1 N–H and O–H groups in total. The number of benzene rings is 1. The lowest BCUT2D eigenvalue weighted by atomic mass is 10.1. The van der Waals surface area contributed by atoms with E-state index in [1.54, 1.807) is 12.3 Å². The molecule has 1 amide bonds. The fourth-order valence-corrected chi connectivity index (χ4v) is 4.18. The first kappa shape index (κ1) is 23.2. The number of pyridine rings is 1. The second-order valence-corrected chi connectivity index (χ2v) is 8.54. The lowest BCUT2D eigenvalue weighted by molar-refractivity contribution is -0.117. The first-order valence-electron chi connectivity index (χ1n) is 11.2. The molecule has 3 heterocycles. The van der Waals surface area contributed by atoms with Crippen molar-refractivity contribution in [2.75, 3.05) is 18.0 Å².